The minimum atomic E-state index is -3.60. The third kappa shape index (κ3) is 5.04. The number of piperidine rings is 1. The van der Waals surface area contributed by atoms with Crippen LogP contribution in [0.5, 0.6) is 0 Å². The van der Waals surface area contributed by atoms with Gasteiger partial charge in [-0.25, -0.2) is 18.0 Å². The predicted octanol–water partition coefficient (Wildman–Crippen LogP) is 2.07. The molecule has 0 amide bonds. The van der Waals surface area contributed by atoms with Crippen molar-refractivity contribution < 1.29 is 27.5 Å². The second-order valence-corrected chi connectivity index (χ2v) is 8.61. The molecule has 2 rings (SSSR count). The van der Waals surface area contributed by atoms with Crippen molar-refractivity contribution >= 4 is 22.0 Å². The van der Waals surface area contributed by atoms with Gasteiger partial charge in [0.05, 0.1) is 17.1 Å². The van der Waals surface area contributed by atoms with Gasteiger partial charge in [0, 0.05) is 13.1 Å². The number of hydrogen-bond acceptors (Lipinski definition) is 6. The molecule has 0 spiro atoms. The van der Waals surface area contributed by atoms with E-state index >= 15 is 0 Å². The Morgan fingerprint density at radius 1 is 1.08 bits per heavy atom. The number of nitrogens with zero attached hydrogens (tertiary/aromatic N) is 1. The number of esters is 2. The summed E-state index contributed by atoms with van der Waals surface area (Å²) in [6.07, 6.45) is 1.01. The van der Waals surface area contributed by atoms with E-state index in [9.17, 15) is 18.0 Å². The molecule has 26 heavy (non-hydrogen) atoms. The molecular weight excluding hydrogens is 358 g/mol. The van der Waals surface area contributed by atoms with E-state index in [1.54, 1.807) is 6.92 Å². The standard InChI is InChI=1S/C18H25NO6S/c1-4-24-17(20)12-25-18(21)15-5-7-16(8-6-15)26(22,23)19-10-13(2)9-14(3)11-19/h5-8,13-14H,4,9-12H2,1-3H3/t13-,14+. The predicted molar refractivity (Wildman–Crippen MR) is 95.1 cm³/mol. The number of carbonyl (C=O) groups excluding carboxylic acids is 2. The summed E-state index contributed by atoms with van der Waals surface area (Å²) in [5.41, 5.74) is 0.175. The van der Waals surface area contributed by atoms with Gasteiger partial charge in [0.25, 0.3) is 0 Å². The van der Waals surface area contributed by atoms with Crippen LogP contribution in [-0.2, 0) is 24.3 Å². The topological polar surface area (TPSA) is 90.0 Å². The SMILES string of the molecule is CCOC(=O)COC(=O)c1ccc(S(=O)(=O)N2C[C@H](C)C[C@H](C)C2)cc1. The summed E-state index contributed by atoms with van der Waals surface area (Å²) < 4.78 is 36.6. The molecule has 1 fully saturated rings. The molecular formula is C18H25NO6S. The molecule has 1 aliphatic heterocycles. The Labute approximate surface area is 154 Å². The minimum Gasteiger partial charge on any atom is -0.463 e. The Balaban J connectivity index is 2.06. The monoisotopic (exact) mass is 383 g/mol. The highest BCUT2D eigenvalue weighted by Gasteiger charge is 2.31. The Morgan fingerprint density at radius 3 is 2.19 bits per heavy atom. The normalized spacial score (nSPS) is 21.2. The molecule has 1 aromatic rings. The molecule has 1 aromatic carbocycles. The van der Waals surface area contributed by atoms with Crippen LogP contribution in [0.1, 0.15) is 37.6 Å². The zero-order chi connectivity index (χ0) is 19.3. The summed E-state index contributed by atoms with van der Waals surface area (Å²) in [6.45, 7) is 6.46. The number of rotatable bonds is 6. The van der Waals surface area contributed by atoms with E-state index in [-0.39, 0.29) is 17.1 Å². The van der Waals surface area contributed by atoms with Crippen molar-refractivity contribution in [2.75, 3.05) is 26.3 Å². The summed E-state index contributed by atoms with van der Waals surface area (Å²) in [4.78, 5) is 23.3. The number of hydrogen-bond donors (Lipinski definition) is 0. The molecule has 8 heteroatoms. The molecule has 0 aliphatic carbocycles. The zero-order valence-corrected chi connectivity index (χ0v) is 16.1. The second kappa shape index (κ2) is 8.64. The largest absolute Gasteiger partial charge is 0.463 e. The first kappa shape index (κ1) is 20.4. The van der Waals surface area contributed by atoms with Crippen molar-refractivity contribution in [3.8, 4) is 0 Å². The molecule has 144 valence electrons. The van der Waals surface area contributed by atoms with Gasteiger partial charge < -0.3 is 9.47 Å². The number of carbonyl (C=O) groups is 2. The molecule has 0 bridgehead atoms. The maximum Gasteiger partial charge on any atom is 0.344 e. The summed E-state index contributed by atoms with van der Waals surface area (Å²) in [5.74, 6) is -0.716. The van der Waals surface area contributed by atoms with Crippen molar-refractivity contribution in [3.63, 3.8) is 0 Å². The summed E-state index contributed by atoms with van der Waals surface area (Å²) in [5, 5.41) is 0. The van der Waals surface area contributed by atoms with Gasteiger partial charge >= 0.3 is 11.9 Å². The number of benzene rings is 1. The van der Waals surface area contributed by atoms with Crippen molar-refractivity contribution in [3.05, 3.63) is 29.8 Å². The molecule has 0 N–H and O–H groups in total. The van der Waals surface area contributed by atoms with Crippen LogP contribution in [0, 0.1) is 11.8 Å². The molecule has 7 nitrogen and oxygen atoms in total. The van der Waals surface area contributed by atoms with Crippen LogP contribution in [0.25, 0.3) is 0 Å². The highest BCUT2D eigenvalue weighted by atomic mass is 32.2. The lowest BCUT2D eigenvalue weighted by atomic mass is 9.94. The van der Waals surface area contributed by atoms with Crippen LogP contribution in [0.3, 0.4) is 0 Å². The first-order valence-corrected chi connectivity index (χ1v) is 10.1. The molecule has 1 saturated heterocycles. The average molecular weight is 383 g/mol. The summed E-state index contributed by atoms with van der Waals surface area (Å²) >= 11 is 0. The van der Waals surface area contributed by atoms with Gasteiger partial charge in [-0.1, -0.05) is 13.8 Å². The third-order valence-electron chi connectivity index (χ3n) is 4.19. The van der Waals surface area contributed by atoms with Gasteiger partial charge in [0.2, 0.25) is 10.0 Å². The maximum atomic E-state index is 12.8. The highest BCUT2D eigenvalue weighted by Crippen LogP contribution is 2.26. The Kier molecular flexibility index (Phi) is 6.77. The van der Waals surface area contributed by atoms with Crippen molar-refractivity contribution in [1.29, 1.82) is 0 Å². The Morgan fingerprint density at radius 2 is 1.65 bits per heavy atom. The molecule has 0 radical (unpaired) electrons. The molecule has 0 saturated carbocycles. The van der Waals surface area contributed by atoms with Crippen LogP contribution in [0.4, 0.5) is 0 Å². The quantitative estimate of drug-likeness (QED) is 0.699. The van der Waals surface area contributed by atoms with Crippen molar-refractivity contribution in [2.45, 2.75) is 32.1 Å². The number of sulfonamides is 1. The van der Waals surface area contributed by atoms with E-state index in [1.165, 1.54) is 28.6 Å². The van der Waals surface area contributed by atoms with E-state index < -0.39 is 28.6 Å². The van der Waals surface area contributed by atoms with E-state index in [2.05, 4.69) is 4.74 Å². The minimum absolute atomic E-state index is 0.140. The van der Waals surface area contributed by atoms with E-state index in [4.69, 9.17) is 4.74 Å². The van der Waals surface area contributed by atoms with Gasteiger partial charge in [0.15, 0.2) is 6.61 Å². The van der Waals surface area contributed by atoms with E-state index in [0.717, 1.165) is 6.42 Å². The van der Waals surface area contributed by atoms with Crippen molar-refractivity contribution in [1.82, 2.24) is 4.31 Å². The Hall–Kier alpha value is -1.93. The fourth-order valence-corrected chi connectivity index (χ4v) is 4.80. The fraction of sp³-hybridized carbons (Fsp3) is 0.556. The van der Waals surface area contributed by atoms with Crippen LogP contribution in [0.2, 0.25) is 0 Å². The van der Waals surface area contributed by atoms with Gasteiger partial charge in [-0.2, -0.15) is 4.31 Å². The number of ether oxygens (including phenoxy) is 2. The van der Waals surface area contributed by atoms with Crippen molar-refractivity contribution in [2.24, 2.45) is 11.8 Å². The van der Waals surface area contributed by atoms with Gasteiger partial charge in [-0.15, -0.1) is 0 Å². The second-order valence-electron chi connectivity index (χ2n) is 6.67. The first-order valence-electron chi connectivity index (χ1n) is 8.67. The fourth-order valence-electron chi connectivity index (χ4n) is 3.12. The van der Waals surface area contributed by atoms with Gasteiger partial charge in [0.1, 0.15) is 0 Å². The molecule has 1 aliphatic rings. The molecule has 0 aromatic heterocycles. The van der Waals surface area contributed by atoms with E-state index in [1.807, 2.05) is 13.8 Å². The molecule has 2 atom stereocenters. The van der Waals surface area contributed by atoms with Crippen LogP contribution >= 0.6 is 0 Å². The van der Waals surface area contributed by atoms with Crippen LogP contribution in [-0.4, -0.2) is 51.0 Å². The van der Waals surface area contributed by atoms with Crippen LogP contribution in [0.15, 0.2) is 29.2 Å². The average Bonchev–Trinajstić information content (AvgIpc) is 2.59. The Bertz CT molecular complexity index is 733. The maximum absolute atomic E-state index is 12.8. The highest BCUT2D eigenvalue weighted by molar-refractivity contribution is 7.89. The molecule has 0 unspecified atom stereocenters. The lowest BCUT2D eigenvalue weighted by Crippen LogP contribution is -2.42. The summed E-state index contributed by atoms with van der Waals surface area (Å²) in [6, 6.07) is 5.55. The smallest absolute Gasteiger partial charge is 0.344 e. The zero-order valence-electron chi connectivity index (χ0n) is 15.3. The summed E-state index contributed by atoms with van der Waals surface area (Å²) in [7, 11) is -3.60. The van der Waals surface area contributed by atoms with Gasteiger partial charge in [-0.3, -0.25) is 0 Å². The first-order chi connectivity index (χ1) is 12.2. The third-order valence-corrected chi connectivity index (χ3v) is 6.04. The van der Waals surface area contributed by atoms with Gasteiger partial charge in [-0.05, 0) is 49.4 Å². The van der Waals surface area contributed by atoms with Crippen LogP contribution < -0.4 is 0 Å². The lowest BCUT2D eigenvalue weighted by molar-refractivity contribution is -0.146. The lowest BCUT2D eigenvalue weighted by Gasteiger charge is -2.34. The molecule has 1 heterocycles. The van der Waals surface area contributed by atoms with E-state index in [0.29, 0.717) is 24.9 Å².